The monoisotopic (exact) mass is 420 g/mol. The predicted octanol–water partition coefficient (Wildman–Crippen LogP) is 2.39. The van der Waals surface area contributed by atoms with Crippen LogP contribution in [0.5, 0.6) is 0 Å². The van der Waals surface area contributed by atoms with Crippen LogP contribution in [0.1, 0.15) is 37.3 Å². The van der Waals surface area contributed by atoms with Crippen LogP contribution in [0.25, 0.3) is 0 Å². The van der Waals surface area contributed by atoms with Gasteiger partial charge < -0.3 is 10.2 Å². The molecule has 0 aliphatic carbocycles. The van der Waals surface area contributed by atoms with Crippen molar-refractivity contribution in [1.82, 2.24) is 20.0 Å². The van der Waals surface area contributed by atoms with Crippen molar-refractivity contribution in [3.8, 4) is 0 Å². The zero-order valence-corrected chi connectivity index (χ0v) is 18.3. The van der Waals surface area contributed by atoms with E-state index in [0.29, 0.717) is 19.6 Å². The Kier molecular flexibility index (Phi) is 7.92. The molecule has 2 heterocycles. The third-order valence-corrected chi connectivity index (χ3v) is 6.35. The second-order valence-electron chi connectivity index (χ2n) is 8.39. The first-order valence-corrected chi connectivity index (χ1v) is 11.0. The molecule has 0 radical (unpaired) electrons. The van der Waals surface area contributed by atoms with E-state index in [1.54, 1.807) is 19.0 Å². The fourth-order valence-corrected chi connectivity index (χ4v) is 4.73. The van der Waals surface area contributed by atoms with Gasteiger partial charge in [-0.2, -0.15) is 0 Å². The Balaban J connectivity index is 1.56. The van der Waals surface area contributed by atoms with Crippen LogP contribution in [-0.4, -0.2) is 79.9 Å². The van der Waals surface area contributed by atoms with Gasteiger partial charge >= 0.3 is 0 Å². The Labute approximate surface area is 179 Å². The average molecular weight is 421 g/mol. The smallest absolute Gasteiger partial charge is 0.234 e. The summed E-state index contributed by atoms with van der Waals surface area (Å²) in [5.74, 6) is 0.161. The van der Waals surface area contributed by atoms with E-state index < -0.39 is 0 Å². The SMILES string of the molecule is CN(C)C(=O)C1CCCN(CC(=O)NCC(c2ccccc2Cl)N2CCCC2)C1. The van der Waals surface area contributed by atoms with Gasteiger partial charge in [0.25, 0.3) is 0 Å². The van der Waals surface area contributed by atoms with Crippen LogP contribution in [0.2, 0.25) is 5.02 Å². The molecule has 2 unspecified atom stereocenters. The predicted molar refractivity (Wildman–Crippen MR) is 116 cm³/mol. The minimum Gasteiger partial charge on any atom is -0.353 e. The highest BCUT2D eigenvalue weighted by Crippen LogP contribution is 2.29. The molecule has 29 heavy (non-hydrogen) atoms. The molecule has 0 spiro atoms. The molecule has 0 aromatic heterocycles. The van der Waals surface area contributed by atoms with E-state index in [9.17, 15) is 9.59 Å². The molecule has 0 saturated carbocycles. The Morgan fingerprint density at radius 3 is 2.59 bits per heavy atom. The lowest BCUT2D eigenvalue weighted by Gasteiger charge is -2.33. The minimum absolute atomic E-state index is 0.00739. The molecule has 1 aromatic rings. The van der Waals surface area contributed by atoms with Crippen molar-refractivity contribution in [1.29, 1.82) is 0 Å². The van der Waals surface area contributed by atoms with Crippen LogP contribution in [0, 0.1) is 5.92 Å². The van der Waals surface area contributed by atoms with E-state index in [1.807, 2.05) is 18.2 Å². The number of likely N-dealkylation sites (tertiary alicyclic amines) is 2. The molecule has 2 aliphatic heterocycles. The third-order valence-electron chi connectivity index (χ3n) is 6.00. The Hall–Kier alpha value is -1.63. The molecule has 0 bridgehead atoms. The second kappa shape index (κ2) is 10.4. The maximum Gasteiger partial charge on any atom is 0.234 e. The number of carbonyl (C=O) groups is 2. The van der Waals surface area contributed by atoms with Crippen molar-refractivity contribution < 1.29 is 9.59 Å². The van der Waals surface area contributed by atoms with Crippen LogP contribution in [0.3, 0.4) is 0 Å². The maximum atomic E-state index is 12.7. The first-order chi connectivity index (χ1) is 14.0. The number of piperidine rings is 1. The highest BCUT2D eigenvalue weighted by atomic mass is 35.5. The summed E-state index contributed by atoms with van der Waals surface area (Å²) in [7, 11) is 3.59. The normalized spacial score (nSPS) is 21.7. The summed E-state index contributed by atoms with van der Waals surface area (Å²) in [6, 6.07) is 8.01. The highest BCUT2D eigenvalue weighted by Gasteiger charge is 2.29. The number of nitrogens with one attached hydrogen (secondary N) is 1. The van der Waals surface area contributed by atoms with Crippen LogP contribution in [0.4, 0.5) is 0 Å². The van der Waals surface area contributed by atoms with Crippen molar-refractivity contribution >= 4 is 23.4 Å². The number of hydrogen-bond donors (Lipinski definition) is 1. The minimum atomic E-state index is -0.00739. The molecular weight excluding hydrogens is 388 g/mol. The fourth-order valence-electron chi connectivity index (χ4n) is 4.47. The molecule has 2 amide bonds. The number of halogens is 1. The number of amides is 2. The van der Waals surface area contributed by atoms with Crippen molar-refractivity contribution in [2.75, 3.05) is 53.4 Å². The standard InChI is InChI=1S/C22H33ClN4O2/c1-25(2)22(29)17-8-7-11-26(15-17)16-21(28)24-14-20(27-12-5-6-13-27)18-9-3-4-10-19(18)23/h3-4,9-10,17,20H,5-8,11-16H2,1-2H3,(H,24,28). The van der Waals surface area contributed by atoms with Gasteiger partial charge in [0.1, 0.15) is 0 Å². The summed E-state index contributed by atoms with van der Waals surface area (Å²) in [6.07, 6.45) is 4.22. The quantitative estimate of drug-likeness (QED) is 0.735. The van der Waals surface area contributed by atoms with Gasteiger partial charge in [0.2, 0.25) is 11.8 Å². The van der Waals surface area contributed by atoms with Gasteiger partial charge in [-0.1, -0.05) is 29.8 Å². The zero-order valence-electron chi connectivity index (χ0n) is 17.6. The first-order valence-electron chi connectivity index (χ1n) is 10.6. The zero-order chi connectivity index (χ0) is 20.8. The van der Waals surface area contributed by atoms with Crippen LogP contribution in [-0.2, 0) is 9.59 Å². The number of carbonyl (C=O) groups excluding carboxylic acids is 2. The number of nitrogens with zero attached hydrogens (tertiary/aromatic N) is 3. The van der Waals surface area contributed by atoms with Gasteiger partial charge in [-0.25, -0.2) is 0 Å². The van der Waals surface area contributed by atoms with Crippen molar-refractivity contribution in [3.63, 3.8) is 0 Å². The molecule has 2 aliphatic rings. The lowest BCUT2D eigenvalue weighted by Crippen LogP contribution is -2.47. The fraction of sp³-hybridized carbons (Fsp3) is 0.636. The Morgan fingerprint density at radius 1 is 1.17 bits per heavy atom. The number of hydrogen-bond acceptors (Lipinski definition) is 4. The Morgan fingerprint density at radius 2 is 1.90 bits per heavy atom. The van der Waals surface area contributed by atoms with E-state index in [0.717, 1.165) is 43.1 Å². The van der Waals surface area contributed by atoms with Gasteiger partial charge in [-0.05, 0) is 56.9 Å². The summed E-state index contributed by atoms with van der Waals surface area (Å²) in [5, 5.41) is 3.87. The van der Waals surface area contributed by atoms with E-state index in [1.165, 1.54) is 12.8 Å². The molecule has 3 rings (SSSR count). The lowest BCUT2D eigenvalue weighted by atomic mass is 9.97. The summed E-state index contributed by atoms with van der Waals surface area (Å²) in [5.41, 5.74) is 1.07. The van der Waals surface area contributed by atoms with Gasteiger partial charge in [-0.15, -0.1) is 0 Å². The summed E-state index contributed by atoms with van der Waals surface area (Å²) < 4.78 is 0. The van der Waals surface area contributed by atoms with E-state index in [-0.39, 0.29) is 23.8 Å². The lowest BCUT2D eigenvalue weighted by molar-refractivity contribution is -0.135. The first kappa shape index (κ1) is 22.1. The van der Waals surface area contributed by atoms with E-state index in [4.69, 9.17) is 11.6 Å². The van der Waals surface area contributed by atoms with Crippen LogP contribution < -0.4 is 5.32 Å². The molecule has 1 aromatic carbocycles. The highest BCUT2D eigenvalue weighted by molar-refractivity contribution is 6.31. The Bertz CT molecular complexity index is 706. The van der Waals surface area contributed by atoms with E-state index >= 15 is 0 Å². The largest absolute Gasteiger partial charge is 0.353 e. The number of rotatable bonds is 7. The van der Waals surface area contributed by atoms with Crippen LogP contribution >= 0.6 is 11.6 Å². The van der Waals surface area contributed by atoms with Gasteiger partial charge in [0.15, 0.2) is 0 Å². The topological polar surface area (TPSA) is 55.9 Å². The number of benzene rings is 1. The summed E-state index contributed by atoms with van der Waals surface area (Å²) >= 11 is 6.46. The van der Waals surface area contributed by atoms with Crippen molar-refractivity contribution in [2.24, 2.45) is 5.92 Å². The third kappa shape index (κ3) is 5.93. The van der Waals surface area contributed by atoms with Crippen molar-refractivity contribution in [2.45, 2.75) is 31.7 Å². The molecule has 160 valence electrons. The molecule has 1 N–H and O–H groups in total. The van der Waals surface area contributed by atoms with Gasteiger partial charge in [0, 0.05) is 32.2 Å². The maximum absolute atomic E-state index is 12.7. The molecule has 2 saturated heterocycles. The second-order valence-corrected chi connectivity index (χ2v) is 8.80. The van der Waals surface area contributed by atoms with Gasteiger partial charge in [0.05, 0.1) is 18.5 Å². The molecular formula is C22H33ClN4O2. The summed E-state index contributed by atoms with van der Waals surface area (Å²) in [6.45, 7) is 4.48. The molecule has 7 heteroatoms. The average Bonchev–Trinajstić information content (AvgIpc) is 3.23. The van der Waals surface area contributed by atoms with Crippen LogP contribution in [0.15, 0.2) is 24.3 Å². The molecule has 6 nitrogen and oxygen atoms in total. The molecule has 2 atom stereocenters. The van der Waals surface area contributed by atoms with E-state index in [2.05, 4.69) is 21.2 Å². The van der Waals surface area contributed by atoms with Crippen molar-refractivity contribution in [3.05, 3.63) is 34.9 Å². The molecule has 2 fully saturated rings. The summed E-state index contributed by atoms with van der Waals surface area (Å²) in [4.78, 5) is 31.1. The van der Waals surface area contributed by atoms with Gasteiger partial charge in [-0.3, -0.25) is 19.4 Å².